The van der Waals surface area contributed by atoms with Crippen LogP contribution in [0.4, 0.5) is 5.69 Å². The molecule has 33 heavy (non-hydrogen) atoms. The van der Waals surface area contributed by atoms with Crippen LogP contribution in [0.3, 0.4) is 0 Å². The largest absolute Gasteiger partial charge is 0.354 e. The molecular weight excluding hydrogens is 438 g/mol. The van der Waals surface area contributed by atoms with Gasteiger partial charge in [-0.2, -0.15) is 0 Å². The molecule has 1 atom stereocenters. The highest BCUT2D eigenvalue weighted by molar-refractivity contribution is 7.92. The van der Waals surface area contributed by atoms with Crippen LogP contribution in [0.15, 0.2) is 53.4 Å². The average Bonchev–Trinajstić information content (AvgIpc) is 3.27. The van der Waals surface area contributed by atoms with E-state index >= 15 is 0 Å². The Morgan fingerprint density at radius 1 is 1.03 bits per heavy atom. The molecule has 1 fully saturated rings. The second-order valence-electron chi connectivity index (χ2n) is 9.40. The number of rotatable bonds is 7. The van der Waals surface area contributed by atoms with Crippen molar-refractivity contribution in [3.63, 3.8) is 0 Å². The van der Waals surface area contributed by atoms with E-state index in [1.165, 1.54) is 0 Å². The van der Waals surface area contributed by atoms with Crippen molar-refractivity contribution in [1.82, 2.24) is 10.2 Å². The lowest BCUT2D eigenvalue weighted by Crippen LogP contribution is -2.46. The van der Waals surface area contributed by atoms with Crippen LogP contribution in [-0.2, 0) is 20.2 Å². The van der Waals surface area contributed by atoms with Gasteiger partial charge in [-0.25, -0.2) is 8.42 Å². The molecule has 2 N–H and O–H groups in total. The Labute approximate surface area is 196 Å². The molecule has 3 rings (SSSR count). The Hall–Kier alpha value is -2.87. The lowest BCUT2D eigenvalue weighted by atomic mass is 9.87. The average molecular weight is 472 g/mol. The maximum Gasteiger partial charge on any atom is 0.261 e. The number of anilines is 1. The minimum atomic E-state index is -3.75. The third-order valence-corrected chi connectivity index (χ3v) is 7.18. The summed E-state index contributed by atoms with van der Waals surface area (Å²) in [5.41, 5.74) is 1.77. The summed E-state index contributed by atoms with van der Waals surface area (Å²) in [7, 11) is -3.75. The zero-order chi connectivity index (χ0) is 24.2. The first-order valence-corrected chi connectivity index (χ1v) is 12.8. The molecule has 1 saturated heterocycles. The summed E-state index contributed by atoms with van der Waals surface area (Å²) < 4.78 is 28.1. The van der Waals surface area contributed by atoms with Crippen LogP contribution < -0.4 is 10.0 Å². The topological polar surface area (TPSA) is 95.6 Å². The fourth-order valence-corrected chi connectivity index (χ4v) is 4.90. The number of carbonyl (C=O) groups excluding carboxylic acids is 2. The minimum absolute atomic E-state index is 0.0664. The van der Waals surface area contributed by atoms with E-state index in [0.717, 1.165) is 18.4 Å². The molecule has 0 unspecified atom stereocenters. The van der Waals surface area contributed by atoms with Gasteiger partial charge in [0.15, 0.2) is 0 Å². The van der Waals surface area contributed by atoms with E-state index in [1.807, 2.05) is 19.1 Å². The maximum atomic E-state index is 13.0. The van der Waals surface area contributed by atoms with Gasteiger partial charge in [-0.15, -0.1) is 0 Å². The number of hydrogen-bond donors (Lipinski definition) is 2. The van der Waals surface area contributed by atoms with Crippen LogP contribution in [0.2, 0.25) is 0 Å². The van der Waals surface area contributed by atoms with Crippen LogP contribution >= 0.6 is 0 Å². The molecule has 178 valence electrons. The molecule has 0 saturated carbocycles. The molecule has 7 nitrogen and oxygen atoms in total. The first-order chi connectivity index (χ1) is 15.5. The highest BCUT2D eigenvalue weighted by Crippen LogP contribution is 2.25. The highest BCUT2D eigenvalue weighted by atomic mass is 32.2. The second kappa shape index (κ2) is 9.95. The van der Waals surface area contributed by atoms with E-state index in [0.29, 0.717) is 30.8 Å². The van der Waals surface area contributed by atoms with Gasteiger partial charge in [0.2, 0.25) is 5.91 Å². The van der Waals surface area contributed by atoms with Crippen LogP contribution in [0.25, 0.3) is 0 Å². The molecule has 1 aliphatic heterocycles. The summed E-state index contributed by atoms with van der Waals surface area (Å²) in [5.74, 6) is -0.346. The summed E-state index contributed by atoms with van der Waals surface area (Å²) >= 11 is 0. The van der Waals surface area contributed by atoms with Gasteiger partial charge in [-0.05, 0) is 66.6 Å². The zero-order valence-corrected chi connectivity index (χ0v) is 20.5. The van der Waals surface area contributed by atoms with Crippen molar-refractivity contribution < 1.29 is 18.0 Å². The summed E-state index contributed by atoms with van der Waals surface area (Å²) in [6.07, 6.45) is 2.26. The zero-order valence-electron chi connectivity index (χ0n) is 19.7. The molecule has 0 aliphatic carbocycles. The SMILES string of the molecule is CCCNC(=O)[C@H]1CCCN1C(=O)c1ccc(NS(=O)(=O)c2ccc(C(C)(C)C)cc2)cc1. The summed E-state index contributed by atoms with van der Waals surface area (Å²) in [5, 5.41) is 2.86. The van der Waals surface area contributed by atoms with Crippen molar-refractivity contribution in [3.8, 4) is 0 Å². The Bertz CT molecular complexity index is 1090. The van der Waals surface area contributed by atoms with E-state index < -0.39 is 16.1 Å². The van der Waals surface area contributed by atoms with Crippen molar-refractivity contribution in [1.29, 1.82) is 0 Å². The second-order valence-corrected chi connectivity index (χ2v) is 11.1. The fraction of sp³-hybridized carbons (Fsp3) is 0.440. The van der Waals surface area contributed by atoms with Crippen LogP contribution in [0, 0.1) is 0 Å². The van der Waals surface area contributed by atoms with Crippen LogP contribution in [-0.4, -0.2) is 44.3 Å². The van der Waals surface area contributed by atoms with Gasteiger partial charge in [0, 0.05) is 24.3 Å². The van der Waals surface area contributed by atoms with Gasteiger partial charge in [0.25, 0.3) is 15.9 Å². The van der Waals surface area contributed by atoms with E-state index in [1.54, 1.807) is 41.3 Å². The van der Waals surface area contributed by atoms with Gasteiger partial charge < -0.3 is 10.2 Å². The first kappa shape index (κ1) is 24.8. The van der Waals surface area contributed by atoms with E-state index in [2.05, 4.69) is 30.8 Å². The molecule has 1 heterocycles. The Morgan fingerprint density at radius 3 is 2.24 bits per heavy atom. The van der Waals surface area contributed by atoms with Crippen molar-refractivity contribution in [3.05, 3.63) is 59.7 Å². The molecule has 2 aromatic carbocycles. The molecule has 0 spiro atoms. The summed E-state index contributed by atoms with van der Waals surface area (Å²) in [6.45, 7) is 9.31. The Balaban J connectivity index is 1.69. The monoisotopic (exact) mass is 471 g/mol. The van der Waals surface area contributed by atoms with E-state index in [-0.39, 0.29) is 22.1 Å². The Kier molecular flexibility index (Phi) is 7.47. The molecule has 2 amide bonds. The minimum Gasteiger partial charge on any atom is -0.354 e. The smallest absolute Gasteiger partial charge is 0.261 e. The predicted octanol–water partition coefficient (Wildman–Crippen LogP) is 3.92. The standard InChI is InChI=1S/C25H33N3O4S/c1-5-16-26-23(29)22-7-6-17-28(22)24(30)18-8-12-20(13-9-18)27-33(31,32)21-14-10-19(11-15-21)25(2,3)4/h8-15,22,27H,5-7,16-17H2,1-4H3,(H,26,29)/t22-/m1/s1. The van der Waals surface area contributed by atoms with Crippen molar-refractivity contribution in [2.24, 2.45) is 0 Å². The molecular formula is C25H33N3O4S. The highest BCUT2D eigenvalue weighted by Gasteiger charge is 2.34. The normalized spacial score (nSPS) is 16.5. The summed E-state index contributed by atoms with van der Waals surface area (Å²) in [6, 6.07) is 12.7. The van der Waals surface area contributed by atoms with Crippen LogP contribution in [0.5, 0.6) is 0 Å². The van der Waals surface area contributed by atoms with Crippen molar-refractivity contribution in [2.75, 3.05) is 17.8 Å². The number of nitrogens with one attached hydrogen (secondary N) is 2. The van der Waals surface area contributed by atoms with Crippen molar-refractivity contribution >= 4 is 27.5 Å². The quantitative estimate of drug-likeness (QED) is 0.640. The van der Waals surface area contributed by atoms with Crippen molar-refractivity contribution in [2.45, 2.75) is 63.3 Å². The van der Waals surface area contributed by atoms with Gasteiger partial charge in [-0.1, -0.05) is 39.8 Å². The van der Waals surface area contributed by atoms with Gasteiger partial charge in [0.05, 0.1) is 4.90 Å². The number of sulfonamides is 1. The number of likely N-dealkylation sites (tertiary alicyclic amines) is 1. The Morgan fingerprint density at radius 2 is 1.67 bits per heavy atom. The lowest BCUT2D eigenvalue weighted by molar-refractivity contribution is -0.124. The first-order valence-electron chi connectivity index (χ1n) is 11.3. The third-order valence-electron chi connectivity index (χ3n) is 5.78. The van der Waals surface area contributed by atoms with E-state index in [4.69, 9.17) is 0 Å². The molecule has 0 radical (unpaired) electrons. The number of carbonyl (C=O) groups is 2. The predicted molar refractivity (Wildman–Crippen MR) is 130 cm³/mol. The maximum absolute atomic E-state index is 13.0. The fourth-order valence-electron chi connectivity index (χ4n) is 3.84. The lowest BCUT2D eigenvalue weighted by Gasteiger charge is -2.24. The number of amides is 2. The molecule has 0 aromatic heterocycles. The number of benzene rings is 2. The molecule has 8 heteroatoms. The number of nitrogens with zero attached hydrogens (tertiary/aromatic N) is 1. The van der Waals surface area contributed by atoms with Gasteiger partial charge >= 0.3 is 0 Å². The third kappa shape index (κ3) is 5.93. The van der Waals surface area contributed by atoms with Crippen LogP contribution in [0.1, 0.15) is 62.9 Å². The molecule has 2 aromatic rings. The molecule has 0 bridgehead atoms. The number of hydrogen-bond acceptors (Lipinski definition) is 4. The van der Waals surface area contributed by atoms with Gasteiger partial charge in [0.1, 0.15) is 6.04 Å². The van der Waals surface area contributed by atoms with Gasteiger partial charge in [-0.3, -0.25) is 14.3 Å². The van der Waals surface area contributed by atoms with E-state index in [9.17, 15) is 18.0 Å². The molecule has 1 aliphatic rings. The summed E-state index contributed by atoms with van der Waals surface area (Å²) in [4.78, 5) is 27.1.